The third-order valence-corrected chi connectivity index (χ3v) is 4.23. The number of nitrogens with two attached hydrogens (primary N) is 1. The van der Waals surface area contributed by atoms with Crippen LogP contribution >= 0.6 is 0 Å². The van der Waals surface area contributed by atoms with Crippen LogP contribution in [0, 0.1) is 5.92 Å². The molecule has 1 aromatic rings. The van der Waals surface area contributed by atoms with Crippen LogP contribution < -0.4 is 5.73 Å². The second kappa shape index (κ2) is 4.21. The van der Waals surface area contributed by atoms with Gasteiger partial charge in [-0.15, -0.1) is 0 Å². The molecule has 0 amide bonds. The number of hydrogen-bond acceptors (Lipinski definition) is 1. The van der Waals surface area contributed by atoms with Crippen molar-refractivity contribution in [2.75, 3.05) is 0 Å². The van der Waals surface area contributed by atoms with Crippen molar-refractivity contribution < 1.29 is 0 Å². The highest BCUT2D eigenvalue weighted by atomic mass is 14.6. The smallest absolute Gasteiger partial charge is 0.0297 e. The van der Waals surface area contributed by atoms with Gasteiger partial charge in [-0.05, 0) is 42.2 Å². The molecule has 16 heavy (non-hydrogen) atoms. The summed E-state index contributed by atoms with van der Waals surface area (Å²) in [7, 11) is 0. The fourth-order valence-electron chi connectivity index (χ4n) is 2.61. The topological polar surface area (TPSA) is 26.0 Å². The molecule has 2 aliphatic rings. The number of hydrogen-bond donors (Lipinski definition) is 1. The van der Waals surface area contributed by atoms with Crippen LogP contribution in [-0.2, 0) is 0 Å². The molecule has 1 heteroatoms. The summed E-state index contributed by atoms with van der Waals surface area (Å²) < 4.78 is 0. The minimum Gasteiger partial charge on any atom is -0.324 e. The molecule has 3 rings (SSSR count). The van der Waals surface area contributed by atoms with E-state index in [1.807, 2.05) is 0 Å². The Hall–Kier alpha value is -0.820. The predicted octanol–water partition coefficient (Wildman–Crippen LogP) is 3.75. The Morgan fingerprint density at radius 1 is 1.06 bits per heavy atom. The summed E-state index contributed by atoms with van der Waals surface area (Å²) in [5.41, 5.74) is 9.06. The molecule has 0 spiro atoms. The van der Waals surface area contributed by atoms with Gasteiger partial charge in [-0.3, -0.25) is 0 Å². The van der Waals surface area contributed by atoms with E-state index in [-0.39, 0.29) is 6.04 Å². The molecule has 1 atom stereocenters. The molecule has 86 valence electrons. The highest BCUT2D eigenvalue weighted by Gasteiger charge is 2.24. The van der Waals surface area contributed by atoms with E-state index in [4.69, 9.17) is 5.73 Å². The lowest BCUT2D eigenvalue weighted by Gasteiger charge is -2.26. The summed E-state index contributed by atoms with van der Waals surface area (Å²) in [5.74, 6) is 1.76. The van der Waals surface area contributed by atoms with Gasteiger partial charge in [0.1, 0.15) is 0 Å². The number of rotatable bonds is 4. The molecule has 0 heterocycles. The van der Waals surface area contributed by atoms with Crippen LogP contribution in [0.25, 0.3) is 0 Å². The lowest BCUT2D eigenvalue weighted by atomic mass is 9.80. The predicted molar refractivity (Wildman–Crippen MR) is 67.3 cm³/mol. The highest BCUT2D eigenvalue weighted by molar-refractivity contribution is 5.28. The minimum absolute atomic E-state index is 0.267. The Morgan fingerprint density at radius 2 is 1.75 bits per heavy atom. The number of benzene rings is 1. The van der Waals surface area contributed by atoms with Crippen LogP contribution in [0.5, 0.6) is 0 Å². The Bertz CT molecular complexity index is 346. The van der Waals surface area contributed by atoms with E-state index < -0.39 is 0 Å². The molecule has 0 saturated heterocycles. The van der Waals surface area contributed by atoms with Gasteiger partial charge < -0.3 is 5.73 Å². The van der Waals surface area contributed by atoms with Crippen LogP contribution in [0.1, 0.15) is 61.6 Å². The third-order valence-electron chi connectivity index (χ3n) is 4.23. The van der Waals surface area contributed by atoms with E-state index in [1.165, 1.54) is 49.7 Å². The van der Waals surface area contributed by atoms with Gasteiger partial charge in [0.05, 0.1) is 0 Å². The second-order valence-electron chi connectivity index (χ2n) is 5.58. The van der Waals surface area contributed by atoms with E-state index in [9.17, 15) is 0 Å². The molecule has 1 aromatic carbocycles. The Kier molecular flexibility index (Phi) is 2.72. The Morgan fingerprint density at radius 3 is 2.25 bits per heavy atom. The maximum absolute atomic E-state index is 6.21. The first-order chi connectivity index (χ1) is 7.83. The first-order valence-electron chi connectivity index (χ1n) is 6.68. The van der Waals surface area contributed by atoms with Gasteiger partial charge in [-0.25, -0.2) is 0 Å². The first kappa shape index (κ1) is 10.3. The van der Waals surface area contributed by atoms with Gasteiger partial charge in [-0.2, -0.15) is 0 Å². The molecular weight excluding hydrogens is 194 g/mol. The molecule has 2 fully saturated rings. The summed E-state index contributed by atoms with van der Waals surface area (Å²) in [4.78, 5) is 0. The lowest BCUT2D eigenvalue weighted by Crippen LogP contribution is -2.12. The SMILES string of the molecule is NC(CC1CC1)c1ccc(C2CCC2)cc1. The van der Waals surface area contributed by atoms with Gasteiger partial charge in [0, 0.05) is 6.04 Å². The van der Waals surface area contributed by atoms with Gasteiger partial charge >= 0.3 is 0 Å². The zero-order chi connectivity index (χ0) is 11.0. The summed E-state index contributed by atoms with van der Waals surface area (Å²) in [6.07, 6.45) is 8.15. The van der Waals surface area contributed by atoms with Crippen molar-refractivity contribution in [3.05, 3.63) is 35.4 Å². The Balaban J connectivity index is 1.65. The second-order valence-corrected chi connectivity index (χ2v) is 5.58. The molecule has 0 aliphatic heterocycles. The average Bonchev–Trinajstić information content (AvgIpc) is 3.00. The summed E-state index contributed by atoms with van der Waals surface area (Å²) in [5, 5.41) is 0. The van der Waals surface area contributed by atoms with Crippen molar-refractivity contribution in [1.29, 1.82) is 0 Å². The van der Waals surface area contributed by atoms with Gasteiger partial charge in [0.15, 0.2) is 0 Å². The van der Waals surface area contributed by atoms with Crippen molar-refractivity contribution in [2.24, 2.45) is 11.7 Å². The monoisotopic (exact) mass is 215 g/mol. The van der Waals surface area contributed by atoms with Crippen LogP contribution in [0.2, 0.25) is 0 Å². The Labute approximate surface area is 98.0 Å². The zero-order valence-electron chi connectivity index (χ0n) is 9.86. The van der Waals surface area contributed by atoms with Gasteiger partial charge in [0.25, 0.3) is 0 Å². The van der Waals surface area contributed by atoms with Crippen molar-refractivity contribution in [3.63, 3.8) is 0 Å². The highest BCUT2D eigenvalue weighted by Crippen LogP contribution is 2.38. The third kappa shape index (κ3) is 2.15. The van der Waals surface area contributed by atoms with Crippen LogP contribution in [0.15, 0.2) is 24.3 Å². The molecule has 2 N–H and O–H groups in total. The molecule has 2 aliphatic carbocycles. The maximum atomic E-state index is 6.21. The van der Waals surface area contributed by atoms with Gasteiger partial charge in [0.2, 0.25) is 0 Å². The molecule has 0 aromatic heterocycles. The molecule has 1 nitrogen and oxygen atoms in total. The largest absolute Gasteiger partial charge is 0.324 e. The lowest BCUT2D eigenvalue weighted by molar-refractivity contribution is 0.419. The minimum atomic E-state index is 0.267. The van der Waals surface area contributed by atoms with Crippen LogP contribution in [-0.4, -0.2) is 0 Å². The zero-order valence-corrected chi connectivity index (χ0v) is 9.86. The molecule has 1 unspecified atom stereocenters. The van der Waals surface area contributed by atoms with Crippen molar-refractivity contribution in [1.82, 2.24) is 0 Å². The van der Waals surface area contributed by atoms with Crippen molar-refractivity contribution >= 4 is 0 Å². The van der Waals surface area contributed by atoms with E-state index in [2.05, 4.69) is 24.3 Å². The molecule has 0 bridgehead atoms. The normalized spacial score (nSPS) is 22.8. The fraction of sp³-hybridized carbons (Fsp3) is 0.600. The maximum Gasteiger partial charge on any atom is 0.0297 e. The van der Waals surface area contributed by atoms with Crippen LogP contribution in [0.3, 0.4) is 0 Å². The molecule has 0 radical (unpaired) electrons. The van der Waals surface area contributed by atoms with Gasteiger partial charge in [-0.1, -0.05) is 43.5 Å². The standard InChI is InChI=1S/C15H21N/c16-15(10-11-4-5-11)14-8-6-13(7-9-14)12-2-1-3-12/h6-9,11-12,15H,1-5,10,16H2. The molecular formula is C15H21N. The average molecular weight is 215 g/mol. The van der Waals surface area contributed by atoms with E-state index >= 15 is 0 Å². The molecule has 2 saturated carbocycles. The van der Waals surface area contributed by atoms with Crippen molar-refractivity contribution in [3.8, 4) is 0 Å². The summed E-state index contributed by atoms with van der Waals surface area (Å²) >= 11 is 0. The summed E-state index contributed by atoms with van der Waals surface area (Å²) in [6, 6.07) is 9.36. The van der Waals surface area contributed by atoms with Crippen molar-refractivity contribution in [2.45, 2.75) is 50.5 Å². The fourth-order valence-corrected chi connectivity index (χ4v) is 2.61. The summed E-state index contributed by atoms with van der Waals surface area (Å²) in [6.45, 7) is 0. The first-order valence-corrected chi connectivity index (χ1v) is 6.68. The quantitative estimate of drug-likeness (QED) is 0.813. The van der Waals surface area contributed by atoms with Crippen LogP contribution in [0.4, 0.5) is 0 Å². The van der Waals surface area contributed by atoms with E-state index in [0.717, 1.165) is 11.8 Å². The van der Waals surface area contributed by atoms with E-state index in [0.29, 0.717) is 0 Å². The van der Waals surface area contributed by atoms with E-state index in [1.54, 1.807) is 0 Å².